The predicted octanol–water partition coefficient (Wildman–Crippen LogP) is 3.22. The number of alkyl halides is 1. The van der Waals surface area contributed by atoms with E-state index in [1.807, 2.05) is 32.0 Å². The van der Waals surface area contributed by atoms with Crippen molar-refractivity contribution < 1.29 is 4.79 Å². The lowest BCUT2D eigenvalue weighted by molar-refractivity contribution is -0.124. The predicted molar refractivity (Wildman–Crippen MR) is 62.7 cm³/mol. The van der Waals surface area contributed by atoms with Crippen LogP contribution >= 0.6 is 15.9 Å². The summed E-state index contributed by atoms with van der Waals surface area (Å²) in [5, 5.41) is 0.437. The van der Waals surface area contributed by atoms with Gasteiger partial charge in [-0.05, 0) is 12.0 Å². The summed E-state index contributed by atoms with van der Waals surface area (Å²) in [6.45, 7) is 3.98. The van der Waals surface area contributed by atoms with Crippen LogP contribution in [0.2, 0.25) is 0 Å². The van der Waals surface area contributed by atoms with Crippen molar-refractivity contribution in [2.75, 3.05) is 5.33 Å². The summed E-state index contributed by atoms with van der Waals surface area (Å²) >= 11 is 3.21. The van der Waals surface area contributed by atoms with Crippen LogP contribution in [-0.2, 0) is 11.2 Å². The SMILES string of the molecule is CC(C)(Cc1ccccc1)C(=O)CBr. The number of rotatable bonds is 4. The molecule has 2 heteroatoms. The Hall–Kier alpha value is -0.630. The molecule has 0 saturated carbocycles. The molecule has 1 nitrogen and oxygen atoms in total. The number of carbonyl (C=O) groups is 1. The Labute approximate surface area is 93.7 Å². The molecule has 0 fully saturated rings. The van der Waals surface area contributed by atoms with Crippen LogP contribution < -0.4 is 0 Å². The molecule has 0 aliphatic rings. The fraction of sp³-hybridized carbons (Fsp3) is 0.417. The first-order chi connectivity index (χ1) is 6.56. The highest BCUT2D eigenvalue weighted by molar-refractivity contribution is 9.09. The lowest BCUT2D eigenvalue weighted by atomic mass is 9.82. The zero-order valence-corrected chi connectivity index (χ0v) is 10.2. The zero-order valence-electron chi connectivity index (χ0n) is 8.59. The van der Waals surface area contributed by atoms with E-state index < -0.39 is 0 Å². The van der Waals surface area contributed by atoms with Crippen LogP contribution in [0.25, 0.3) is 0 Å². The molecular formula is C12H15BrO. The molecule has 0 heterocycles. The van der Waals surface area contributed by atoms with E-state index >= 15 is 0 Å². The van der Waals surface area contributed by atoms with Crippen LogP contribution in [0, 0.1) is 5.41 Å². The van der Waals surface area contributed by atoms with E-state index in [1.165, 1.54) is 5.56 Å². The van der Waals surface area contributed by atoms with Crippen molar-refractivity contribution in [3.63, 3.8) is 0 Å². The molecule has 0 amide bonds. The van der Waals surface area contributed by atoms with Crippen molar-refractivity contribution in [3.8, 4) is 0 Å². The first-order valence-electron chi connectivity index (χ1n) is 4.69. The summed E-state index contributed by atoms with van der Waals surface area (Å²) in [5.74, 6) is 0.251. The van der Waals surface area contributed by atoms with Crippen LogP contribution in [0.4, 0.5) is 0 Å². The highest BCUT2D eigenvalue weighted by Crippen LogP contribution is 2.23. The van der Waals surface area contributed by atoms with Crippen LogP contribution in [0.15, 0.2) is 30.3 Å². The maximum Gasteiger partial charge on any atom is 0.149 e. The summed E-state index contributed by atoms with van der Waals surface area (Å²) in [5.41, 5.74) is 0.942. The van der Waals surface area contributed by atoms with Gasteiger partial charge in [-0.25, -0.2) is 0 Å². The minimum atomic E-state index is -0.273. The summed E-state index contributed by atoms with van der Waals surface area (Å²) in [6.07, 6.45) is 0.804. The molecule has 0 saturated heterocycles. The van der Waals surface area contributed by atoms with Crippen molar-refractivity contribution in [1.29, 1.82) is 0 Å². The van der Waals surface area contributed by atoms with Gasteiger partial charge in [0.25, 0.3) is 0 Å². The third-order valence-electron chi connectivity index (χ3n) is 2.37. The number of carbonyl (C=O) groups excluding carboxylic acids is 1. The van der Waals surface area contributed by atoms with Crippen molar-refractivity contribution in [2.45, 2.75) is 20.3 Å². The fourth-order valence-electron chi connectivity index (χ4n) is 1.39. The number of hydrogen-bond donors (Lipinski definition) is 0. The molecule has 0 atom stereocenters. The summed E-state index contributed by atoms with van der Waals surface area (Å²) < 4.78 is 0. The van der Waals surface area contributed by atoms with Gasteiger partial charge in [0.15, 0.2) is 0 Å². The van der Waals surface area contributed by atoms with Gasteiger partial charge >= 0.3 is 0 Å². The average molecular weight is 255 g/mol. The summed E-state index contributed by atoms with van der Waals surface area (Å²) in [7, 11) is 0. The Morgan fingerprint density at radius 3 is 2.36 bits per heavy atom. The van der Waals surface area contributed by atoms with E-state index in [4.69, 9.17) is 0 Å². The third kappa shape index (κ3) is 2.95. The van der Waals surface area contributed by atoms with Crippen molar-refractivity contribution in [1.82, 2.24) is 0 Å². The number of benzene rings is 1. The smallest absolute Gasteiger partial charge is 0.149 e. The highest BCUT2D eigenvalue weighted by Gasteiger charge is 2.26. The normalized spacial score (nSPS) is 11.4. The molecule has 76 valence electrons. The topological polar surface area (TPSA) is 17.1 Å². The molecule has 14 heavy (non-hydrogen) atoms. The second-order valence-corrected chi connectivity index (χ2v) is 4.66. The first-order valence-corrected chi connectivity index (χ1v) is 5.81. The van der Waals surface area contributed by atoms with Crippen molar-refractivity contribution >= 4 is 21.7 Å². The minimum absolute atomic E-state index is 0.251. The molecule has 0 radical (unpaired) electrons. The van der Waals surface area contributed by atoms with Gasteiger partial charge < -0.3 is 0 Å². The van der Waals surface area contributed by atoms with E-state index in [0.29, 0.717) is 5.33 Å². The number of Topliss-reactive ketones (excluding diaryl/α,β-unsaturated/α-hetero) is 1. The van der Waals surface area contributed by atoms with Crippen molar-refractivity contribution in [2.24, 2.45) is 5.41 Å². The van der Waals surface area contributed by atoms with E-state index in [-0.39, 0.29) is 11.2 Å². The number of hydrogen-bond acceptors (Lipinski definition) is 1. The molecule has 1 aromatic carbocycles. The van der Waals surface area contributed by atoms with E-state index in [9.17, 15) is 4.79 Å². The molecule has 1 aromatic rings. The van der Waals surface area contributed by atoms with Crippen LogP contribution in [-0.4, -0.2) is 11.1 Å². The monoisotopic (exact) mass is 254 g/mol. The Bertz CT molecular complexity index is 303. The Morgan fingerprint density at radius 2 is 1.86 bits per heavy atom. The van der Waals surface area contributed by atoms with Crippen LogP contribution in [0.1, 0.15) is 19.4 Å². The van der Waals surface area contributed by atoms with Crippen LogP contribution in [0.5, 0.6) is 0 Å². The minimum Gasteiger partial charge on any atom is -0.298 e. The average Bonchev–Trinajstić information content (AvgIpc) is 2.17. The van der Waals surface area contributed by atoms with Crippen molar-refractivity contribution in [3.05, 3.63) is 35.9 Å². The molecule has 0 aromatic heterocycles. The fourth-order valence-corrected chi connectivity index (χ4v) is 2.14. The highest BCUT2D eigenvalue weighted by atomic mass is 79.9. The lowest BCUT2D eigenvalue weighted by Crippen LogP contribution is -2.27. The molecule has 0 bridgehead atoms. The molecule has 0 spiro atoms. The standard InChI is InChI=1S/C12H15BrO/c1-12(2,11(14)9-13)8-10-6-4-3-5-7-10/h3-7H,8-9H2,1-2H3. The molecular weight excluding hydrogens is 240 g/mol. The lowest BCUT2D eigenvalue weighted by Gasteiger charge is -2.21. The van der Waals surface area contributed by atoms with Crippen LogP contribution in [0.3, 0.4) is 0 Å². The molecule has 1 rings (SSSR count). The van der Waals surface area contributed by atoms with E-state index in [2.05, 4.69) is 28.1 Å². The van der Waals surface area contributed by atoms with Gasteiger partial charge in [0, 0.05) is 5.41 Å². The maximum atomic E-state index is 11.6. The first kappa shape index (κ1) is 11.4. The van der Waals surface area contributed by atoms with Gasteiger partial charge in [0.1, 0.15) is 5.78 Å². The van der Waals surface area contributed by atoms with Gasteiger partial charge in [-0.2, -0.15) is 0 Å². The van der Waals surface area contributed by atoms with Gasteiger partial charge in [-0.15, -0.1) is 0 Å². The largest absolute Gasteiger partial charge is 0.298 e. The number of ketones is 1. The van der Waals surface area contributed by atoms with Gasteiger partial charge in [-0.1, -0.05) is 60.1 Å². The maximum absolute atomic E-state index is 11.6. The molecule has 0 aliphatic carbocycles. The molecule has 0 unspecified atom stereocenters. The summed E-state index contributed by atoms with van der Waals surface area (Å²) in [6, 6.07) is 10.1. The molecule has 0 aliphatic heterocycles. The van der Waals surface area contributed by atoms with Gasteiger partial charge in [-0.3, -0.25) is 4.79 Å². The number of halogens is 1. The Kier molecular flexibility index (Phi) is 3.87. The molecule has 0 N–H and O–H groups in total. The Morgan fingerprint density at radius 1 is 1.29 bits per heavy atom. The summed E-state index contributed by atoms with van der Waals surface area (Å²) in [4.78, 5) is 11.6. The zero-order chi connectivity index (χ0) is 10.6. The second-order valence-electron chi connectivity index (χ2n) is 4.10. The third-order valence-corrected chi connectivity index (χ3v) is 2.87. The van der Waals surface area contributed by atoms with E-state index in [0.717, 1.165) is 6.42 Å². The van der Waals surface area contributed by atoms with Gasteiger partial charge in [0.05, 0.1) is 5.33 Å². The Balaban J connectivity index is 2.73. The van der Waals surface area contributed by atoms with Gasteiger partial charge in [0.2, 0.25) is 0 Å². The quantitative estimate of drug-likeness (QED) is 0.755. The van der Waals surface area contributed by atoms with E-state index in [1.54, 1.807) is 0 Å². The second kappa shape index (κ2) is 4.74.